The number of methoxy groups -OCH3 is 1. The first-order chi connectivity index (χ1) is 16.7. The van der Waals surface area contributed by atoms with E-state index in [1.54, 1.807) is 7.11 Å². The number of nitrogens with one attached hydrogen (secondary N) is 1. The average molecular weight is 455 g/mol. The molecule has 5 heteroatoms. The predicted molar refractivity (Wildman–Crippen MR) is 143 cm³/mol. The Balaban J connectivity index is 1.59. The van der Waals surface area contributed by atoms with Crippen molar-refractivity contribution in [1.29, 1.82) is 0 Å². The first-order valence-corrected chi connectivity index (χ1v) is 12.1. The zero-order chi connectivity index (χ0) is 23.8. The van der Waals surface area contributed by atoms with E-state index in [9.17, 15) is 0 Å². The summed E-state index contributed by atoms with van der Waals surface area (Å²) in [5, 5.41) is 3.53. The fourth-order valence-electron chi connectivity index (χ4n) is 4.29. The van der Waals surface area contributed by atoms with Crippen LogP contribution >= 0.6 is 0 Å². The van der Waals surface area contributed by atoms with E-state index < -0.39 is 0 Å². The number of amidine groups is 1. The van der Waals surface area contributed by atoms with Gasteiger partial charge in [0.25, 0.3) is 0 Å². The van der Waals surface area contributed by atoms with E-state index in [-0.39, 0.29) is 6.10 Å². The van der Waals surface area contributed by atoms with E-state index >= 15 is 0 Å². The molecular formula is C29H34N4O. The van der Waals surface area contributed by atoms with Gasteiger partial charge in [0.2, 0.25) is 0 Å². The van der Waals surface area contributed by atoms with Gasteiger partial charge in [-0.15, -0.1) is 0 Å². The summed E-state index contributed by atoms with van der Waals surface area (Å²) in [4.78, 5) is 12.3. The van der Waals surface area contributed by atoms with Gasteiger partial charge in [-0.3, -0.25) is 9.98 Å². The predicted octanol–water partition coefficient (Wildman–Crippen LogP) is 6.10. The highest BCUT2D eigenvalue weighted by Crippen LogP contribution is 2.30. The molecule has 1 N–H and O–H groups in total. The van der Waals surface area contributed by atoms with Crippen LogP contribution in [0.25, 0.3) is 0 Å². The van der Waals surface area contributed by atoms with Crippen molar-refractivity contribution in [1.82, 2.24) is 4.90 Å². The van der Waals surface area contributed by atoms with Gasteiger partial charge in [0.05, 0.1) is 23.6 Å². The van der Waals surface area contributed by atoms with Crippen molar-refractivity contribution in [3.63, 3.8) is 0 Å². The van der Waals surface area contributed by atoms with E-state index in [4.69, 9.17) is 14.7 Å². The second-order valence-electron chi connectivity index (χ2n) is 8.38. The van der Waals surface area contributed by atoms with E-state index in [2.05, 4.69) is 66.5 Å². The molecular weight excluding hydrogens is 420 g/mol. The van der Waals surface area contributed by atoms with Crippen LogP contribution in [0.2, 0.25) is 0 Å². The van der Waals surface area contributed by atoms with E-state index in [0.29, 0.717) is 6.42 Å². The highest BCUT2D eigenvalue weighted by atomic mass is 16.5. The summed E-state index contributed by atoms with van der Waals surface area (Å²) in [5.41, 5.74) is 6.32. The third-order valence-electron chi connectivity index (χ3n) is 6.27. The molecule has 0 aromatic heterocycles. The number of anilines is 1. The second-order valence-corrected chi connectivity index (χ2v) is 8.38. The van der Waals surface area contributed by atoms with E-state index in [0.717, 1.165) is 65.8 Å². The number of hydrogen-bond acceptors (Lipinski definition) is 4. The number of nitrogens with zero attached hydrogens (tertiary/aromatic N) is 3. The lowest BCUT2D eigenvalue weighted by atomic mass is 9.98. The molecule has 176 valence electrons. The van der Waals surface area contributed by atoms with Crippen LogP contribution in [-0.2, 0) is 4.74 Å². The minimum absolute atomic E-state index is 0.0917. The lowest BCUT2D eigenvalue weighted by Crippen LogP contribution is -2.26. The van der Waals surface area contributed by atoms with Gasteiger partial charge in [0, 0.05) is 20.1 Å². The van der Waals surface area contributed by atoms with Crippen molar-refractivity contribution in [3.05, 3.63) is 95.6 Å². The summed E-state index contributed by atoms with van der Waals surface area (Å²) in [6.45, 7) is 8.20. The minimum Gasteiger partial charge on any atom is -0.372 e. The number of benzene rings is 3. The maximum absolute atomic E-state index is 5.81. The fourth-order valence-corrected chi connectivity index (χ4v) is 4.29. The molecule has 1 heterocycles. The molecule has 1 aliphatic rings. The first kappa shape index (κ1) is 23.9. The van der Waals surface area contributed by atoms with Gasteiger partial charge in [-0.25, -0.2) is 0 Å². The zero-order valence-corrected chi connectivity index (χ0v) is 20.4. The maximum atomic E-state index is 5.81. The molecule has 0 radical (unpaired) electrons. The second kappa shape index (κ2) is 11.7. The monoisotopic (exact) mass is 454 g/mol. The van der Waals surface area contributed by atoms with E-state index in [1.807, 2.05) is 36.4 Å². The maximum Gasteiger partial charge on any atom is 0.107 e. The molecule has 5 nitrogen and oxygen atoms in total. The average Bonchev–Trinajstić information content (AvgIpc) is 3.07. The molecule has 1 aliphatic heterocycles. The largest absolute Gasteiger partial charge is 0.372 e. The lowest BCUT2D eigenvalue weighted by molar-refractivity contribution is 0.136. The normalized spacial score (nSPS) is 15.4. The summed E-state index contributed by atoms with van der Waals surface area (Å²) in [6.07, 6.45) is 0.574. The Bertz CT molecular complexity index is 1120. The molecule has 0 amide bonds. The Hall–Kier alpha value is -3.28. The standard InChI is InChI=1S/C29H34N4O/c1-4-33(5-2)20-19-30-28-21-27(31-25-13-9-10-14-26(25)32-28)22-15-17-24(18-16-22)29(34-3)23-11-7-6-8-12-23/h6-18,29H,4-5,19-21H2,1-3H3,(H,30,32)/t29-/m0/s1. The number of hydrogen-bond donors (Lipinski definition) is 1. The zero-order valence-electron chi connectivity index (χ0n) is 20.4. The molecule has 0 saturated heterocycles. The molecule has 1 atom stereocenters. The van der Waals surface area contributed by atoms with Gasteiger partial charge in [0.15, 0.2) is 0 Å². The van der Waals surface area contributed by atoms with Crippen molar-refractivity contribution < 1.29 is 4.74 Å². The molecule has 4 rings (SSSR count). The minimum atomic E-state index is -0.0917. The number of fused-ring (bicyclic) bond motifs is 1. The van der Waals surface area contributed by atoms with Crippen molar-refractivity contribution in [3.8, 4) is 0 Å². The summed E-state index contributed by atoms with van der Waals surface area (Å²) in [7, 11) is 1.75. The van der Waals surface area contributed by atoms with Gasteiger partial charge in [0.1, 0.15) is 11.9 Å². The Morgan fingerprint density at radius 3 is 2.29 bits per heavy atom. The fraction of sp³-hybridized carbons (Fsp3) is 0.310. The number of rotatable bonds is 9. The Kier molecular flexibility index (Phi) is 8.23. The molecule has 0 unspecified atom stereocenters. The highest BCUT2D eigenvalue weighted by Gasteiger charge is 2.17. The van der Waals surface area contributed by atoms with Gasteiger partial charge in [-0.2, -0.15) is 0 Å². The van der Waals surface area contributed by atoms with Crippen LogP contribution in [0, 0.1) is 0 Å². The lowest BCUT2D eigenvalue weighted by Gasteiger charge is -2.17. The van der Waals surface area contributed by atoms with Crippen molar-refractivity contribution in [2.24, 2.45) is 9.98 Å². The molecule has 0 saturated carbocycles. The van der Waals surface area contributed by atoms with Gasteiger partial charge >= 0.3 is 0 Å². The highest BCUT2D eigenvalue weighted by molar-refractivity contribution is 6.18. The first-order valence-electron chi connectivity index (χ1n) is 12.1. The third-order valence-corrected chi connectivity index (χ3v) is 6.27. The number of aliphatic imine (C=N–C) groups is 2. The molecule has 3 aromatic carbocycles. The van der Waals surface area contributed by atoms with E-state index in [1.165, 1.54) is 0 Å². The van der Waals surface area contributed by atoms with Crippen molar-refractivity contribution in [2.75, 3.05) is 38.6 Å². The third kappa shape index (κ3) is 5.79. The van der Waals surface area contributed by atoms with Crippen LogP contribution in [0.1, 0.15) is 43.1 Å². The smallest absolute Gasteiger partial charge is 0.107 e. The SMILES string of the molecule is CCN(CC)CCN=C1CC(c2ccc([C@@H](OC)c3ccccc3)cc2)=Nc2ccccc2N1. The molecule has 0 fully saturated rings. The van der Waals surface area contributed by atoms with Crippen molar-refractivity contribution >= 4 is 22.9 Å². The van der Waals surface area contributed by atoms with Gasteiger partial charge < -0.3 is 15.0 Å². The Morgan fingerprint density at radius 2 is 1.59 bits per heavy atom. The van der Waals surface area contributed by atoms with Crippen molar-refractivity contribution in [2.45, 2.75) is 26.4 Å². The topological polar surface area (TPSA) is 49.2 Å². The van der Waals surface area contributed by atoms with Crippen LogP contribution in [0.15, 0.2) is 88.8 Å². The Morgan fingerprint density at radius 1 is 0.912 bits per heavy atom. The number of likely N-dealkylation sites (N-methyl/N-ethyl adjacent to an activating group) is 1. The van der Waals surface area contributed by atoms with Crippen LogP contribution in [0.3, 0.4) is 0 Å². The summed E-state index contributed by atoms with van der Waals surface area (Å²) in [5.74, 6) is 0.957. The number of para-hydroxylation sites is 2. The quantitative estimate of drug-likeness (QED) is 0.425. The summed E-state index contributed by atoms with van der Waals surface area (Å²) in [6, 6.07) is 27.0. The number of ether oxygens (including phenoxy) is 1. The molecule has 0 bridgehead atoms. The van der Waals surface area contributed by atoms with Crippen LogP contribution in [-0.4, -0.2) is 49.7 Å². The summed E-state index contributed by atoms with van der Waals surface area (Å²) < 4.78 is 5.81. The Labute approximate surface area is 203 Å². The molecule has 0 aliphatic carbocycles. The van der Waals surface area contributed by atoms with Gasteiger partial charge in [-0.05, 0) is 41.9 Å². The molecule has 34 heavy (non-hydrogen) atoms. The molecule has 0 spiro atoms. The van der Waals surface area contributed by atoms with Crippen LogP contribution in [0.4, 0.5) is 11.4 Å². The summed E-state index contributed by atoms with van der Waals surface area (Å²) >= 11 is 0. The van der Waals surface area contributed by atoms with Crippen LogP contribution in [0.5, 0.6) is 0 Å². The van der Waals surface area contributed by atoms with Gasteiger partial charge in [-0.1, -0.05) is 80.6 Å². The van der Waals surface area contributed by atoms with Crippen LogP contribution < -0.4 is 5.32 Å². The molecule has 3 aromatic rings.